The fraction of sp³-hybridized carbons (Fsp3) is 0.500. The molecule has 0 saturated heterocycles. The Bertz CT molecular complexity index is 185. The molecule has 0 unspecified atom stereocenters. The molecular weight excluding hydrogens is 140 g/mol. The van der Waals surface area contributed by atoms with E-state index in [1.165, 1.54) is 0 Å². The number of nitrogens with one attached hydrogen (secondary N) is 2. The van der Waals surface area contributed by atoms with Crippen LogP contribution < -0.4 is 5.32 Å². The Balaban J connectivity index is 3.76. The van der Waals surface area contributed by atoms with Crippen LogP contribution in [0.4, 0.5) is 0 Å². The number of hydrogen-bond donors (Lipinski definition) is 2. The molecule has 2 N–H and O–H groups in total. The summed E-state index contributed by atoms with van der Waals surface area (Å²) in [6.45, 7) is 7.04. The second-order valence-electron chi connectivity index (χ2n) is 2.46. The molecule has 0 spiro atoms. The monoisotopic (exact) mass is 154 g/mol. The molecule has 0 aromatic heterocycles. The van der Waals surface area contributed by atoms with Gasteiger partial charge in [-0.25, -0.2) is 0 Å². The minimum absolute atomic E-state index is 0.261. The number of rotatable bonds is 3. The van der Waals surface area contributed by atoms with Gasteiger partial charge in [0.05, 0.1) is 5.84 Å². The molecule has 0 aliphatic rings. The Kier molecular flexibility index (Phi) is 4.18. The summed E-state index contributed by atoms with van der Waals surface area (Å²) in [5.41, 5.74) is 0.436. The largest absolute Gasteiger partial charge is 0.311 e. The van der Waals surface area contributed by atoms with Crippen molar-refractivity contribution in [3.05, 3.63) is 12.2 Å². The van der Waals surface area contributed by atoms with Gasteiger partial charge in [-0.1, -0.05) is 13.5 Å². The highest BCUT2D eigenvalue weighted by Gasteiger charge is 2.02. The molecule has 11 heavy (non-hydrogen) atoms. The van der Waals surface area contributed by atoms with Gasteiger partial charge in [-0.2, -0.15) is 0 Å². The lowest BCUT2D eigenvalue weighted by Gasteiger charge is -2.03. The fourth-order valence-corrected chi connectivity index (χ4v) is 0.556. The Morgan fingerprint density at radius 1 is 1.64 bits per heavy atom. The molecule has 0 heterocycles. The maximum atomic E-state index is 10.9. The van der Waals surface area contributed by atoms with E-state index in [1.54, 1.807) is 6.92 Å². The van der Waals surface area contributed by atoms with E-state index in [1.807, 2.05) is 6.92 Å². The van der Waals surface area contributed by atoms with Gasteiger partial charge in [0.2, 0.25) is 0 Å². The van der Waals surface area contributed by atoms with E-state index < -0.39 is 0 Å². The third-order valence-corrected chi connectivity index (χ3v) is 1.15. The van der Waals surface area contributed by atoms with Crippen LogP contribution in [0, 0.1) is 5.41 Å². The molecule has 3 nitrogen and oxygen atoms in total. The molecule has 0 fully saturated rings. The van der Waals surface area contributed by atoms with E-state index in [0.717, 1.165) is 6.42 Å². The lowest BCUT2D eigenvalue weighted by atomic mass is 10.3. The second-order valence-corrected chi connectivity index (χ2v) is 2.46. The molecule has 0 aromatic carbocycles. The van der Waals surface area contributed by atoms with Gasteiger partial charge in [-0.3, -0.25) is 10.2 Å². The predicted molar refractivity (Wildman–Crippen MR) is 45.6 cm³/mol. The molecular formula is C8H14N2O. The molecule has 1 amide bonds. The SMILES string of the molecule is C=C(C)C(=O)NC(=N)CCC. The number of carbonyl (C=O) groups excluding carboxylic acids is 1. The van der Waals surface area contributed by atoms with Crippen LogP contribution in [0.3, 0.4) is 0 Å². The lowest BCUT2D eigenvalue weighted by Crippen LogP contribution is -2.29. The summed E-state index contributed by atoms with van der Waals surface area (Å²) in [4.78, 5) is 10.9. The van der Waals surface area contributed by atoms with Crippen molar-refractivity contribution in [2.24, 2.45) is 0 Å². The highest BCUT2D eigenvalue weighted by molar-refractivity contribution is 6.04. The average molecular weight is 154 g/mol. The highest BCUT2D eigenvalue weighted by atomic mass is 16.1. The van der Waals surface area contributed by atoms with Crippen molar-refractivity contribution in [2.75, 3.05) is 0 Å². The van der Waals surface area contributed by atoms with Gasteiger partial charge in [-0.15, -0.1) is 0 Å². The van der Waals surface area contributed by atoms with E-state index in [9.17, 15) is 4.79 Å². The third-order valence-electron chi connectivity index (χ3n) is 1.15. The first-order valence-corrected chi connectivity index (χ1v) is 3.62. The molecule has 0 bridgehead atoms. The topological polar surface area (TPSA) is 53.0 Å². The number of amides is 1. The first kappa shape index (κ1) is 9.88. The van der Waals surface area contributed by atoms with Crippen LogP contribution in [-0.4, -0.2) is 11.7 Å². The van der Waals surface area contributed by atoms with Gasteiger partial charge in [0.25, 0.3) is 5.91 Å². The highest BCUT2D eigenvalue weighted by Crippen LogP contribution is 1.89. The second kappa shape index (κ2) is 4.66. The standard InChI is InChI=1S/C8H14N2O/c1-4-5-7(9)10-8(11)6(2)3/h2,4-5H2,1,3H3,(H2,9,10,11). The Morgan fingerprint density at radius 3 is 2.55 bits per heavy atom. The maximum Gasteiger partial charge on any atom is 0.251 e. The molecule has 0 atom stereocenters. The van der Waals surface area contributed by atoms with Crippen molar-refractivity contribution < 1.29 is 4.79 Å². The zero-order valence-corrected chi connectivity index (χ0v) is 7.03. The van der Waals surface area contributed by atoms with Crippen LogP contribution in [0.2, 0.25) is 0 Å². The van der Waals surface area contributed by atoms with Gasteiger partial charge < -0.3 is 5.32 Å². The Labute approximate surface area is 67.0 Å². The molecule has 0 aliphatic heterocycles. The summed E-state index contributed by atoms with van der Waals surface area (Å²) >= 11 is 0. The fourth-order valence-electron chi connectivity index (χ4n) is 0.556. The Hall–Kier alpha value is -1.12. The van der Waals surface area contributed by atoms with Crippen molar-refractivity contribution in [1.29, 1.82) is 5.41 Å². The normalized spacial score (nSPS) is 8.91. The van der Waals surface area contributed by atoms with Crippen LogP contribution in [0.5, 0.6) is 0 Å². The van der Waals surface area contributed by atoms with Gasteiger partial charge in [0.1, 0.15) is 0 Å². The minimum Gasteiger partial charge on any atom is -0.311 e. The van der Waals surface area contributed by atoms with Crippen LogP contribution in [0.25, 0.3) is 0 Å². The summed E-state index contributed by atoms with van der Waals surface area (Å²) in [6, 6.07) is 0. The molecule has 62 valence electrons. The van der Waals surface area contributed by atoms with E-state index in [-0.39, 0.29) is 11.7 Å². The van der Waals surface area contributed by atoms with Crippen LogP contribution in [-0.2, 0) is 4.79 Å². The van der Waals surface area contributed by atoms with Gasteiger partial charge >= 0.3 is 0 Å². The van der Waals surface area contributed by atoms with Crippen molar-refractivity contribution >= 4 is 11.7 Å². The van der Waals surface area contributed by atoms with Crippen LogP contribution in [0.15, 0.2) is 12.2 Å². The third kappa shape index (κ3) is 4.31. The van der Waals surface area contributed by atoms with Gasteiger partial charge in [0.15, 0.2) is 0 Å². The van der Waals surface area contributed by atoms with Crippen molar-refractivity contribution in [3.63, 3.8) is 0 Å². The van der Waals surface area contributed by atoms with Crippen molar-refractivity contribution in [2.45, 2.75) is 26.7 Å². The average Bonchev–Trinajstić information content (AvgIpc) is 1.87. The summed E-state index contributed by atoms with van der Waals surface area (Å²) in [5, 5.41) is 9.66. The molecule has 0 aliphatic carbocycles. The van der Waals surface area contributed by atoms with E-state index in [4.69, 9.17) is 5.41 Å². The summed E-state index contributed by atoms with van der Waals surface area (Å²) in [6.07, 6.45) is 1.48. The zero-order chi connectivity index (χ0) is 8.85. The molecule has 0 saturated carbocycles. The number of amidine groups is 1. The van der Waals surface area contributed by atoms with E-state index in [2.05, 4.69) is 11.9 Å². The summed E-state index contributed by atoms with van der Waals surface area (Å²) in [7, 11) is 0. The number of carbonyl (C=O) groups is 1. The zero-order valence-electron chi connectivity index (χ0n) is 7.03. The summed E-state index contributed by atoms with van der Waals surface area (Å²) < 4.78 is 0. The smallest absolute Gasteiger partial charge is 0.251 e. The molecule has 3 heteroatoms. The molecule has 0 radical (unpaired) electrons. The van der Waals surface area contributed by atoms with Crippen LogP contribution >= 0.6 is 0 Å². The molecule has 0 aromatic rings. The predicted octanol–water partition coefficient (Wildman–Crippen LogP) is 1.46. The summed E-state index contributed by atoms with van der Waals surface area (Å²) in [5.74, 6) is 0.00366. The first-order chi connectivity index (χ1) is 5.07. The van der Waals surface area contributed by atoms with Gasteiger partial charge in [0, 0.05) is 12.0 Å². The molecule has 0 rings (SSSR count). The number of hydrogen-bond acceptors (Lipinski definition) is 2. The van der Waals surface area contributed by atoms with Crippen LogP contribution in [0.1, 0.15) is 26.7 Å². The first-order valence-electron chi connectivity index (χ1n) is 3.62. The minimum atomic E-state index is -0.261. The van der Waals surface area contributed by atoms with Crippen molar-refractivity contribution in [1.82, 2.24) is 5.32 Å². The van der Waals surface area contributed by atoms with E-state index in [0.29, 0.717) is 12.0 Å². The Morgan fingerprint density at radius 2 is 2.18 bits per heavy atom. The van der Waals surface area contributed by atoms with Crippen molar-refractivity contribution in [3.8, 4) is 0 Å². The van der Waals surface area contributed by atoms with Gasteiger partial charge in [-0.05, 0) is 13.3 Å². The maximum absolute atomic E-state index is 10.9. The quantitative estimate of drug-likeness (QED) is 0.361. The van der Waals surface area contributed by atoms with E-state index >= 15 is 0 Å². The lowest BCUT2D eigenvalue weighted by molar-refractivity contribution is -0.116.